The molecule has 0 unspecified atom stereocenters. The number of nitrogens with zero attached hydrogens (tertiary/aromatic N) is 1. The smallest absolute Gasteiger partial charge is 0.323 e. The van der Waals surface area contributed by atoms with Gasteiger partial charge in [0, 0.05) is 8.95 Å². The summed E-state index contributed by atoms with van der Waals surface area (Å²) in [6.45, 7) is -0.570. The molecule has 2 rings (SSSR count). The molecule has 0 amide bonds. The quantitative estimate of drug-likeness (QED) is 0.771. The summed E-state index contributed by atoms with van der Waals surface area (Å²) in [5.41, 5.74) is -1.03. The lowest BCUT2D eigenvalue weighted by atomic mass is 10.3. The van der Waals surface area contributed by atoms with E-state index in [1.807, 2.05) is 0 Å². The van der Waals surface area contributed by atoms with E-state index >= 15 is 0 Å². The van der Waals surface area contributed by atoms with Crippen LogP contribution in [0.25, 0.3) is 11.0 Å². The SMILES string of the molecule is O=C(O)Cn1c(=O)c(=O)[nH]c2cc(Br)cc(Br)c21. The molecule has 8 heteroatoms. The second-order valence-electron chi connectivity index (χ2n) is 3.52. The second-order valence-corrected chi connectivity index (χ2v) is 5.29. The van der Waals surface area contributed by atoms with E-state index in [-0.39, 0.29) is 0 Å². The first-order valence-electron chi connectivity index (χ1n) is 4.74. The summed E-state index contributed by atoms with van der Waals surface area (Å²) in [7, 11) is 0. The van der Waals surface area contributed by atoms with Crippen molar-refractivity contribution in [1.29, 1.82) is 0 Å². The van der Waals surface area contributed by atoms with Crippen LogP contribution in [0.2, 0.25) is 0 Å². The number of benzene rings is 1. The molecule has 0 atom stereocenters. The third kappa shape index (κ3) is 2.25. The highest BCUT2D eigenvalue weighted by Gasteiger charge is 2.13. The van der Waals surface area contributed by atoms with Gasteiger partial charge in [-0.3, -0.25) is 19.0 Å². The highest BCUT2D eigenvalue weighted by atomic mass is 79.9. The number of aromatic amines is 1. The number of aromatic nitrogens is 2. The fraction of sp³-hybridized carbons (Fsp3) is 0.100. The zero-order chi connectivity index (χ0) is 13.4. The highest BCUT2D eigenvalue weighted by Crippen LogP contribution is 2.25. The molecule has 0 radical (unpaired) electrons. The molecular formula is C10H6Br2N2O4. The molecule has 94 valence electrons. The van der Waals surface area contributed by atoms with Gasteiger partial charge in [-0.1, -0.05) is 15.9 Å². The van der Waals surface area contributed by atoms with E-state index in [9.17, 15) is 14.4 Å². The number of carboxylic acid groups (broad SMARTS) is 1. The van der Waals surface area contributed by atoms with Crippen LogP contribution < -0.4 is 11.1 Å². The zero-order valence-corrected chi connectivity index (χ0v) is 11.9. The number of carboxylic acids is 1. The van der Waals surface area contributed by atoms with Gasteiger partial charge >= 0.3 is 17.1 Å². The van der Waals surface area contributed by atoms with Crippen molar-refractivity contribution in [3.63, 3.8) is 0 Å². The Morgan fingerprint density at radius 3 is 2.61 bits per heavy atom. The summed E-state index contributed by atoms with van der Waals surface area (Å²) in [6, 6.07) is 3.26. The van der Waals surface area contributed by atoms with E-state index in [0.29, 0.717) is 20.0 Å². The van der Waals surface area contributed by atoms with Crippen LogP contribution in [0.4, 0.5) is 0 Å². The van der Waals surface area contributed by atoms with Gasteiger partial charge in [0.15, 0.2) is 0 Å². The molecule has 6 nitrogen and oxygen atoms in total. The lowest BCUT2D eigenvalue weighted by Crippen LogP contribution is -2.38. The summed E-state index contributed by atoms with van der Waals surface area (Å²) >= 11 is 6.49. The standard InChI is InChI=1S/C10H6Br2N2O4/c11-4-1-5(12)8-6(2-4)13-9(17)10(18)14(8)3-7(15)16/h1-2H,3H2,(H,13,17)(H,15,16). The largest absolute Gasteiger partial charge is 0.480 e. The van der Waals surface area contributed by atoms with Gasteiger partial charge in [-0.15, -0.1) is 0 Å². The molecule has 0 aliphatic carbocycles. The molecule has 0 aliphatic rings. The average Bonchev–Trinajstić information content (AvgIpc) is 2.23. The summed E-state index contributed by atoms with van der Waals surface area (Å²) in [4.78, 5) is 36.3. The van der Waals surface area contributed by atoms with Crippen molar-refractivity contribution in [2.45, 2.75) is 6.54 Å². The summed E-state index contributed by atoms with van der Waals surface area (Å²) in [5.74, 6) is -1.20. The van der Waals surface area contributed by atoms with E-state index in [0.717, 1.165) is 4.57 Å². The van der Waals surface area contributed by atoms with Crippen molar-refractivity contribution < 1.29 is 9.90 Å². The van der Waals surface area contributed by atoms with Crippen LogP contribution in [-0.4, -0.2) is 20.6 Å². The minimum absolute atomic E-state index is 0.338. The molecule has 0 fully saturated rings. The van der Waals surface area contributed by atoms with E-state index in [4.69, 9.17) is 5.11 Å². The van der Waals surface area contributed by atoms with Gasteiger partial charge in [-0.05, 0) is 28.1 Å². The Labute approximate surface area is 117 Å². The molecule has 0 saturated heterocycles. The molecule has 1 aromatic carbocycles. The average molecular weight is 378 g/mol. The molecule has 18 heavy (non-hydrogen) atoms. The third-order valence-electron chi connectivity index (χ3n) is 2.28. The van der Waals surface area contributed by atoms with Crippen molar-refractivity contribution in [2.75, 3.05) is 0 Å². The van der Waals surface area contributed by atoms with Crippen LogP contribution in [0.5, 0.6) is 0 Å². The van der Waals surface area contributed by atoms with Crippen molar-refractivity contribution >= 4 is 48.9 Å². The normalized spacial score (nSPS) is 10.8. The summed E-state index contributed by atoms with van der Waals surface area (Å²) in [5, 5.41) is 8.79. The van der Waals surface area contributed by atoms with Gasteiger partial charge < -0.3 is 10.1 Å². The van der Waals surface area contributed by atoms with E-state index in [1.165, 1.54) is 0 Å². The topological polar surface area (TPSA) is 92.2 Å². The first-order chi connectivity index (χ1) is 8.40. The Morgan fingerprint density at radius 1 is 1.33 bits per heavy atom. The number of hydrogen-bond donors (Lipinski definition) is 2. The van der Waals surface area contributed by atoms with Gasteiger partial charge in [0.2, 0.25) is 0 Å². The van der Waals surface area contributed by atoms with Gasteiger partial charge in [0.25, 0.3) is 0 Å². The van der Waals surface area contributed by atoms with Gasteiger partial charge in [-0.2, -0.15) is 0 Å². The van der Waals surface area contributed by atoms with Crippen LogP contribution in [0.15, 0.2) is 30.7 Å². The van der Waals surface area contributed by atoms with Crippen LogP contribution in [0, 0.1) is 0 Å². The molecule has 0 aliphatic heterocycles. The van der Waals surface area contributed by atoms with Gasteiger partial charge in [0.05, 0.1) is 11.0 Å². The minimum atomic E-state index is -1.20. The third-order valence-corrected chi connectivity index (χ3v) is 3.34. The number of H-pyrrole nitrogens is 1. The van der Waals surface area contributed by atoms with Crippen molar-refractivity contribution in [2.24, 2.45) is 0 Å². The number of hydrogen-bond acceptors (Lipinski definition) is 3. The van der Waals surface area contributed by atoms with Crippen molar-refractivity contribution in [1.82, 2.24) is 9.55 Å². The summed E-state index contributed by atoms with van der Waals surface area (Å²) < 4.78 is 2.13. The van der Waals surface area contributed by atoms with E-state index < -0.39 is 23.6 Å². The summed E-state index contributed by atoms with van der Waals surface area (Å²) in [6.07, 6.45) is 0. The number of fused-ring (bicyclic) bond motifs is 1. The highest BCUT2D eigenvalue weighted by molar-refractivity contribution is 9.11. The zero-order valence-electron chi connectivity index (χ0n) is 8.74. The maximum absolute atomic E-state index is 11.7. The predicted octanol–water partition coefficient (Wildman–Crippen LogP) is 1.30. The lowest BCUT2D eigenvalue weighted by molar-refractivity contribution is -0.137. The molecule has 1 heterocycles. The van der Waals surface area contributed by atoms with E-state index in [1.54, 1.807) is 12.1 Å². The molecule has 0 bridgehead atoms. The lowest BCUT2D eigenvalue weighted by Gasteiger charge is -2.09. The monoisotopic (exact) mass is 376 g/mol. The second kappa shape index (κ2) is 4.69. The number of nitrogens with one attached hydrogen (secondary N) is 1. The molecule has 0 saturated carbocycles. The Kier molecular flexibility index (Phi) is 3.40. The van der Waals surface area contributed by atoms with Crippen LogP contribution in [-0.2, 0) is 11.3 Å². The Bertz CT molecular complexity index is 763. The fourth-order valence-electron chi connectivity index (χ4n) is 1.62. The first kappa shape index (κ1) is 13.0. The van der Waals surface area contributed by atoms with Crippen LogP contribution >= 0.6 is 31.9 Å². The molecule has 2 aromatic rings. The van der Waals surface area contributed by atoms with Crippen molar-refractivity contribution in [3.8, 4) is 0 Å². The Hall–Kier alpha value is -1.41. The maximum Gasteiger partial charge on any atom is 0.323 e. The van der Waals surface area contributed by atoms with E-state index in [2.05, 4.69) is 36.8 Å². The Balaban J connectivity index is 2.97. The molecule has 0 spiro atoms. The van der Waals surface area contributed by atoms with Crippen molar-refractivity contribution in [3.05, 3.63) is 41.8 Å². The molecular weight excluding hydrogens is 372 g/mol. The predicted molar refractivity (Wildman–Crippen MR) is 71.9 cm³/mol. The Morgan fingerprint density at radius 2 is 2.00 bits per heavy atom. The molecule has 1 aromatic heterocycles. The number of carbonyl (C=O) groups is 1. The number of halogens is 2. The van der Waals surface area contributed by atoms with Crippen LogP contribution in [0.1, 0.15) is 0 Å². The number of rotatable bonds is 2. The maximum atomic E-state index is 11.7. The molecule has 2 N–H and O–H groups in total. The number of aliphatic carboxylic acids is 1. The first-order valence-corrected chi connectivity index (χ1v) is 6.32. The fourth-order valence-corrected chi connectivity index (χ4v) is 3.06. The van der Waals surface area contributed by atoms with Gasteiger partial charge in [0.1, 0.15) is 6.54 Å². The van der Waals surface area contributed by atoms with Crippen LogP contribution in [0.3, 0.4) is 0 Å². The van der Waals surface area contributed by atoms with Gasteiger partial charge in [-0.25, -0.2) is 0 Å². The minimum Gasteiger partial charge on any atom is -0.480 e.